The molecule has 0 aromatic carbocycles. The van der Waals surface area contributed by atoms with Crippen molar-refractivity contribution in [3.63, 3.8) is 0 Å². The van der Waals surface area contributed by atoms with E-state index in [9.17, 15) is 24.1 Å². The number of alkyl halides is 1. The van der Waals surface area contributed by atoms with Gasteiger partial charge in [-0.1, -0.05) is 6.92 Å². The Labute approximate surface area is 240 Å². The third-order valence-corrected chi connectivity index (χ3v) is 7.69. The average molecular weight is 622 g/mol. The number of halogens is 1. The summed E-state index contributed by atoms with van der Waals surface area (Å²) in [6, 6.07) is 0. The largest absolute Gasteiger partial charge is 0.480 e. The SMILES string of the molecule is CC[C@]1(COP(=O)(OCOC(=O)C(C)(C)C)OCOC(=O)C(C)(C)C)OC[C@@](F)(n2cnc3c(=O)[nH]c(N)nc32)[C@@H]1O. The van der Waals surface area contributed by atoms with Gasteiger partial charge in [-0.2, -0.15) is 4.98 Å². The number of carbonyl (C=O) groups excluding carboxylic acids is 2. The molecular weight excluding hydrogens is 584 g/mol. The Morgan fingerprint density at radius 3 is 2.21 bits per heavy atom. The number of aliphatic hydroxyl groups excluding tert-OH is 1. The topological polar surface area (TPSA) is 216 Å². The highest BCUT2D eigenvalue weighted by Gasteiger charge is 2.61. The maximum Gasteiger partial charge on any atom is 0.480 e. The number of carbonyl (C=O) groups is 2. The van der Waals surface area contributed by atoms with Crippen molar-refractivity contribution in [2.45, 2.75) is 72.4 Å². The van der Waals surface area contributed by atoms with Crippen molar-refractivity contribution >= 4 is 36.9 Å². The number of phosphoric acid groups is 1. The first kappa shape index (κ1) is 33.6. The lowest BCUT2D eigenvalue weighted by atomic mass is 9.91. The van der Waals surface area contributed by atoms with Crippen LogP contribution >= 0.6 is 7.82 Å². The van der Waals surface area contributed by atoms with Crippen LogP contribution < -0.4 is 11.3 Å². The van der Waals surface area contributed by atoms with Gasteiger partial charge < -0.3 is 25.1 Å². The van der Waals surface area contributed by atoms with E-state index in [4.69, 9.17) is 33.5 Å². The predicted molar refractivity (Wildman–Crippen MR) is 143 cm³/mol. The normalized spacial score (nSPS) is 23.3. The molecular formula is C24H37FN5O11P. The van der Waals surface area contributed by atoms with Crippen molar-refractivity contribution < 1.29 is 51.4 Å². The minimum atomic E-state index is -4.69. The van der Waals surface area contributed by atoms with E-state index in [0.717, 1.165) is 10.9 Å². The number of imidazole rings is 1. The number of anilines is 1. The summed E-state index contributed by atoms with van der Waals surface area (Å²) < 4.78 is 62.0. The van der Waals surface area contributed by atoms with E-state index in [-0.39, 0.29) is 23.5 Å². The summed E-state index contributed by atoms with van der Waals surface area (Å²) in [7, 11) is -4.69. The zero-order chi connectivity index (χ0) is 31.7. The van der Waals surface area contributed by atoms with E-state index in [1.54, 1.807) is 48.5 Å². The molecule has 0 amide bonds. The molecule has 0 spiro atoms. The van der Waals surface area contributed by atoms with E-state index < -0.39 is 80.4 Å². The van der Waals surface area contributed by atoms with Gasteiger partial charge in [0.2, 0.25) is 25.3 Å². The van der Waals surface area contributed by atoms with E-state index in [2.05, 4.69) is 15.0 Å². The first-order chi connectivity index (χ1) is 19.3. The van der Waals surface area contributed by atoms with Gasteiger partial charge in [-0.05, 0) is 48.0 Å². The quantitative estimate of drug-likeness (QED) is 0.186. The van der Waals surface area contributed by atoms with Crippen molar-refractivity contribution in [3.8, 4) is 0 Å². The van der Waals surface area contributed by atoms with Crippen molar-refractivity contribution in [1.29, 1.82) is 0 Å². The molecule has 0 unspecified atom stereocenters. The van der Waals surface area contributed by atoms with Crippen molar-refractivity contribution in [2.24, 2.45) is 10.8 Å². The minimum Gasteiger partial charge on any atom is -0.437 e. The number of aliphatic hydroxyl groups is 1. The number of aromatic amines is 1. The predicted octanol–water partition coefficient (Wildman–Crippen LogP) is 2.12. The van der Waals surface area contributed by atoms with Gasteiger partial charge in [-0.3, -0.25) is 28.5 Å². The number of nitrogen functional groups attached to an aromatic ring is 1. The molecule has 2 aromatic heterocycles. The Balaban J connectivity index is 1.82. The minimum absolute atomic E-state index is 0.0688. The van der Waals surface area contributed by atoms with Crippen LogP contribution in [0.2, 0.25) is 0 Å². The third-order valence-electron chi connectivity index (χ3n) is 6.40. The molecule has 1 aliphatic heterocycles. The summed E-state index contributed by atoms with van der Waals surface area (Å²) in [6.45, 7) is 7.85. The number of esters is 2. The van der Waals surface area contributed by atoms with Crippen LogP contribution in [0, 0.1) is 10.8 Å². The van der Waals surface area contributed by atoms with E-state index >= 15 is 4.39 Å². The monoisotopic (exact) mass is 621 g/mol. The number of fused-ring (bicyclic) bond motifs is 1. The van der Waals surface area contributed by atoms with Crippen LogP contribution in [0.5, 0.6) is 0 Å². The molecule has 1 aliphatic rings. The molecule has 0 saturated carbocycles. The Morgan fingerprint density at radius 1 is 1.17 bits per heavy atom. The molecule has 236 valence electrons. The zero-order valence-corrected chi connectivity index (χ0v) is 25.4. The van der Waals surface area contributed by atoms with Crippen LogP contribution in [0.25, 0.3) is 11.2 Å². The summed E-state index contributed by atoms with van der Waals surface area (Å²) in [4.78, 5) is 46.4. The molecule has 4 N–H and O–H groups in total. The van der Waals surface area contributed by atoms with Crippen molar-refractivity contribution in [3.05, 3.63) is 16.7 Å². The summed E-state index contributed by atoms with van der Waals surface area (Å²) in [5, 5.41) is 11.2. The second-order valence-corrected chi connectivity index (χ2v) is 13.4. The second-order valence-electron chi connectivity index (χ2n) is 11.7. The number of hydrogen-bond acceptors (Lipinski definition) is 14. The lowest BCUT2D eigenvalue weighted by Crippen LogP contribution is -2.51. The van der Waals surface area contributed by atoms with Crippen LogP contribution in [0.15, 0.2) is 11.1 Å². The fourth-order valence-electron chi connectivity index (χ4n) is 3.75. The molecule has 0 bridgehead atoms. The molecule has 0 aliphatic carbocycles. The molecule has 1 fully saturated rings. The number of ether oxygens (including phenoxy) is 3. The van der Waals surface area contributed by atoms with Crippen LogP contribution in [-0.2, 0) is 47.7 Å². The molecule has 1 saturated heterocycles. The maximum absolute atomic E-state index is 16.4. The highest BCUT2D eigenvalue weighted by molar-refractivity contribution is 7.48. The fourth-order valence-corrected chi connectivity index (χ4v) is 4.71. The molecule has 3 heterocycles. The van der Waals surface area contributed by atoms with Crippen molar-refractivity contribution in [2.75, 3.05) is 32.5 Å². The van der Waals surface area contributed by atoms with Gasteiger partial charge in [0.05, 0.1) is 17.4 Å². The second kappa shape index (κ2) is 12.0. The van der Waals surface area contributed by atoms with Gasteiger partial charge in [-0.25, -0.2) is 23.0 Å². The van der Waals surface area contributed by atoms with Crippen molar-refractivity contribution in [1.82, 2.24) is 19.5 Å². The van der Waals surface area contributed by atoms with Gasteiger partial charge >= 0.3 is 19.8 Å². The van der Waals surface area contributed by atoms with Gasteiger partial charge in [0, 0.05) is 0 Å². The number of nitrogens with one attached hydrogen (secondary N) is 1. The lowest BCUT2D eigenvalue weighted by Gasteiger charge is -2.34. The highest BCUT2D eigenvalue weighted by Crippen LogP contribution is 2.52. The first-order valence-electron chi connectivity index (χ1n) is 12.9. The molecule has 0 radical (unpaired) electrons. The molecule has 3 atom stereocenters. The standard InChI is InChI=1S/C24H37FN5O11P/c1-8-23(17(32)24(25,10-38-23)30-11-27-14-15(30)28-20(26)29-16(14)31)9-39-42(35,40-12-36-18(33)21(2,3)4)41-13-37-19(34)22(5,6)7/h11,17,32H,8-10,12-13H2,1-7H3,(H3,26,28,29,31)/t17-,23-,24-/m1/s1. The summed E-state index contributed by atoms with van der Waals surface area (Å²) in [5.74, 6) is -4.38. The number of phosphoric ester groups is 1. The molecule has 18 heteroatoms. The average Bonchev–Trinajstić information content (AvgIpc) is 3.42. The number of hydrogen-bond donors (Lipinski definition) is 3. The summed E-state index contributed by atoms with van der Waals surface area (Å²) >= 11 is 0. The Kier molecular flexibility index (Phi) is 9.56. The van der Waals surface area contributed by atoms with Gasteiger partial charge in [0.1, 0.15) is 24.6 Å². The smallest absolute Gasteiger partial charge is 0.437 e. The van der Waals surface area contributed by atoms with Gasteiger partial charge in [-0.15, -0.1) is 0 Å². The Hall–Kier alpha value is -2.95. The van der Waals surface area contributed by atoms with Crippen LogP contribution in [0.4, 0.5) is 10.3 Å². The van der Waals surface area contributed by atoms with Crippen LogP contribution in [0.1, 0.15) is 54.9 Å². The maximum atomic E-state index is 16.4. The van der Waals surface area contributed by atoms with Gasteiger partial charge in [0.25, 0.3) is 5.56 Å². The van der Waals surface area contributed by atoms with Crippen LogP contribution in [0.3, 0.4) is 0 Å². The summed E-state index contributed by atoms with van der Waals surface area (Å²) in [5.41, 5.74) is 0.784. The zero-order valence-electron chi connectivity index (χ0n) is 24.5. The first-order valence-corrected chi connectivity index (χ1v) is 14.4. The number of nitrogens with zero attached hydrogens (tertiary/aromatic N) is 3. The van der Waals surface area contributed by atoms with E-state index in [0.29, 0.717) is 0 Å². The molecule has 2 aromatic rings. The molecule has 42 heavy (non-hydrogen) atoms. The Bertz CT molecular complexity index is 1380. The molecule has 3 rings (SSSR count). The number of H-pyrrole nitrogens is 1. The number of aromatic nitrogens is 4. The number of rotatable bonds is 11. The van der Waals surface area contributed by atoms with Gasteiger partial charge in [0.15, 0.2) is 11.2 Å². The van der Waals surface area contributed by atoms with E-state index in [1.807, 2.05) is 0 Å². The molecule has 16 nitrogen and oxygen atoms in total. The van der Waals surface area contributed by atoms with Crippen LogP contribution in [-0.4, -0.2) is 75.1 Å². The highest BCUT2D eigenvalue weighted by atomic mass is 31.2. The lowest BCUT2D eigenvalue weighted by molar-refractivity contribution is -0.164. The number of nitrogens with two attached hydrogens (primary N) is 1. The Morgan fingerprint density at radius 2 is 1.71 bits per heavy atom. The van der Waals surface area contributed by atoms with E-state index in [1.165, 1.54) is 0 Å². The summed E-state index contributed by atoms with van der Waals surface area (Å²) in [6.07, 6.45) is -1.09. The fraction of sp³-hybridized carbons (Fsp3) is 0.708. The third kappa shape index (κ3) is 6.98.